The molecule has 3 unspecified atom stereocenters. The maximum Gasteiger partial charge on any atom is 0.222 e. The van der Waals surface area contributed by atoms with Crippen LogP contribution in [-0.2, 0) is 9.59 Å². The van der Waals surface area contributed by atoms with Crippen molar-refractivity contribution in [3.8, 4) is 0 Å². The SMILES string of the molecule is O=C(CCCCC1CCSS1)CC1CCCCN1C(=O)CCCC1CCSS1. The number of carbonyl (C=O) groups is 2. The Balaban J connectivity index is 1.33. The number of hydrogen-bond acceptors (Lipinski definition) is 6. The highest BCUT2D eigenvalue weighted by atomic mass is 33.1. The Kier molecular flexibility index (Phi) is 10.8. The van der Waals surface area contributed by atoms with Crippen LogP contribution in [0.4, 0.5) is 0 Å². The van der Waals surface area contributed by atoms with Gasteiger partial charge in [-0.05, 0) is 57.8 Å². The van der Waals surface area contributed by atoms with Gasteiger partial charge in [0, 0.05) is 53.9 Å². The number of ketones is 1. The van der Waals surface area contributed by atoms with E-state index in [0.29, 0.717) is 31.0 Å². The van der Waals surface area contributed by atoms with E-state index in [2.05, 4.69) is 4.90 Å². The van der Waals surface area contributed by atoms with Crippen molar-refractivity contribution in [3.63, 3.8) is 0 Å². The second-order valence-electron chi connectivity index (χ2n) is 8.28. The van der Waals surface area contributed by atoms with Gasteiger partial charge in [0.15, 0.2) is 0 Å². The molecular weight excluding hydrogens is 427 g/mol. The minimum Gasteiger partial charge on any atom is -0.339 e. The van der Waals surface area contributed by atoms with Gasteiger partial charge in [0.05, 0.1) is 0 Å². The highest BCUT2D eigenvalue weighted by Crippen LogP contribution is 2.40. The topological polar surface area (TPSA) is 37.4 Å². The molecule has 1 amide bonds. The summed E-state index contributed by atoms with van der Waals surface area (Å²) in [6.45, 7) is 0.862. The summed E-state index contributed by atoms with van der Waals surface area (Å²) in [4.78, 5) is 27.3. The van der Waals surface area contributed by atoms with Gasteiger partial charge in [-0.15, -0.1) is 0 Å². The van der Waals surface area contributed by atoms with Gasteiger partial charge < -0.3 is 4.90 Å². The van der Waals surface area contributed by atoms with Crippen LogP contribution in [-0.4, -0.2) is 51.2 Å². The summed E-state index contributed by atoms with van der Waals surface area (Å²) in [5.41, 5.74) is 0. The van der Waals surface area contributed by atoms with Gasteiger partial charge in [0.2, 0.25) is 5.91 Å². The van der Waals surface area contributed by atoms with Crippen LogP contribution in [0.15, 0.2) is 0 Å². The summed E-state index contributed by atoms with van der Waals surface area (Å²) in [7, 11) is 8.00. The van der Waals surface area contributed by atoms with E-state index < -0.39 is 0 Å². The maximum absolute atomic E-state index is 12.8. The monoisotopic (exact) mass is 461 g/mol. The van der Waals surface area contributed by atoms with Gasteiger partial charge in [-0.3, -0.25) is 9.59 Å². The van der Waals surface area contributed by atoms with Crippen LogP contribution in [0.2, 0.25) is 0 Å². The molecule has 0 aliphatic carbocycles. The molecule has 3 aliphatic heterocycles. The molecule has 0 saturated carbocycles. The van der Waals surface area contributed by atoms with E-state index in [4.69, 9.17) is 0 Å². The number of nitrogens with zero attached hydrogens (tertiary/aromatic N) is 1. The molecular formula is C21H35NO2S4. The maximum atomic E-state index is 12.8. The zero-order chi connectivity index (χ0) is 19.6. The zero-order valence-electron chi connectivity index (χ0n) is 16.9. The highest BCUT2D eigenvalue weighted by molar-refractivity contribution is 8.77. The van der Waals surface area contributed by atoms with Crippen LogP contribution in [0, 0.1) is 0 Å². The number of rotatable bonds is 11. The lowest BCUT2D eigenvalue weighted by Crippen LogP contribution is -2.44. The van der Waals surface area contributed by atoms with Crippen molar-refractivity contribution in [2.45, 2.75) is 100 Å². The molecule has 0 aromatic heterocycles. The van der Waals surface area contributed by atoms with E-state index in [0.717, 1.165) is 49.1 Å². The first-order valence-electron chi connectivity index (χ1n) is 11.1. The van der Waals surface area contributed by atoms with E-state index in [-0.39, 0.29) is 6.04 Å². The predicted octanol–water partition coefficient (Wildman–Crippen LogP) is 6.36. The van der Waals surface area contributed by atoms with Gasteiger partial charge in [-0.1, -0.05) is 49.6 Å². The van der Waals surface area contributed by atoms with E-state index >= 15 is 0 Å². The van der Waals surface area contributed by atoms with Gasteiger partial charge in [-0.2, -0.15) is 0 Å². The molecule has 0 N–H and O–H groups in total. The van der Waals surface area contributed by atoms with Crippen molar-refractivity contribution in [1.82, 2.24) is 4.90 Å². The second-order valence-corrected chi connectivity index (χ2v) is 13.9. The molecule has 28 heavy (non-hydrogen) atoms. The van der Waals surface area contributed by atoms with Crippen molar-refractivity contribution in [2.75, 3.05) is 18.1 Å². The van der Waals surface area contributed by atoms with Crippen molar-refractivity contribution < 1.29 is 9.59 Å². The van der Waals surface area contributed by atoms with Crippen LogP contribution in [0.3, 0.4) is 0 Å². The number of carbonyl (C=O) groups excluding carboxylic acids is 2. The number of piperidine rings is 1. The first-order chi connectivity index (χ1) is 13.7. The normalized spacial score (nSPS) is 28.0. The summed E-state index contributed by atoms with van der Waals surface area (Å²) in [5, 5.41) is 1.56. The van der Waals surface area contributed by atoms with Crippen LogP contribution in [0.5, 0.6) is 0 Å². The molecule has 0 spiro atoms. The molecule has 0 radical (unpaired) electrons. The van der Waals surface area contributed by atoms with E-state index in [9.17, 15) is 9.59 Å². The molecule has 3 aliphatic rings. The van der Waals surface area contributed by atoms with E-state index in [1.807, 2.05) is 43.2 Å². The summed E-state index contributed by atoms with van der Waals surface area (Å²) in [5.74, 6) is 3.22. The Labute approximate surface area is 186 Å². The predicted molar refractivity (Wildman–Crippen MR) is 128 cm³/mol. The number of hydrogen-bond donors (Lipinski definition) is 0. The van der Waals surface area contributed by atoms with Crippen LogP contribution in [0.25, 0.3) is 0 Å². The van der Waals surface area contributed by atoms with Gasteiger partial charge in [-0.25, -0.2) is 0 Å². The minimum absolute atomic E-state index is 0.173. The molecule has 160 valence electrons. The van der Waals surface area contributed by atoms with E-state index in [1.165, 1.54) is 43.6 Å². The number of amides is 1. The number of unbranched alkanes of at least 4 members (excludes halogenated alkanes) is 1. The molecule has 3 saturated heterocycles. The summed E-state index contributed by atoms with van der Waals surface area (Å²) < 4.78 is 0. The van der Waals surface area contributed by atoms with Crippen molar-refractivity contribution in [2.24, 2.45) is 0 Å². The van der Waals surface area contributed by atoms with Crippen LogP contribution >= 0.6 is 43.2 Å². The molecule has 3 rings (SSSR count). The minimum atomic E-state index is 0.173. The molecule has 3 atom stereocenters. The van der Waals surface area contributed by atoms with Crippen LogP contribution in [0.1, 0.15) is 83.5 Å². The van der Waals surface area contributed by atoms with E-state index in [1.54, 1.807) is 0 Å². The highest BCUT2D eigenvalue weighted by Gasteiger charge is 2.28. The molecule has 7 heteroatoms. The Morgan fingerprint density at radius 1 is 0.821 bits per heavy atom. The Hall–Kier alpha value is 0.540. The lowest BCUT2D eigenvalue weighted by atomic mass is 9.95. The summed E-state index contributed by atoms with van der Waals surface area (Å²) in [6.07, 6.45) is 13.5. The fourth-order valence-corrected chi connectivity index (χ4v) is 10.4. The van der Waals surface area contributed by atoms with Gasteiger partial charge in [0.1, 0.15) is 5.78 Å². The quantitative estimate of drug-likeness (QED) is 0.263. The van der Waals surface area contributed by atoms with Gasteiger partial charge in [0.25, 0.3) is 0 Å². The Morgan fingerprint density at radius 2 is 1.54 bits per heavy atom. The summed E-state index contributed by atoms with van der Waals surface area (Å²) >= 11 is 0. The van der Waals surface area contributed by atoms with Crippen molar-refractivity contribution >= 4 is 54.9 Å². The van der Waals surface area contributed by atoms with Crippen LogP contribution < -0.4 is 0 Å². The fraction of sp³-hybridized carbons (Fsp3) is 0.905. The first kappa shape index (κ1) is 23.2. The Bertz CT molecular complexity index is 493. The smallest absolute Gasteiger partial charge is 0.222 e. The molecule has 3 fully saturated rings. The third-order valence-electron chi connectivity index (χ3n) is 6.01. The standard InChI is InChI=1S/C21H35NO2S4/c23-18(7-1-2-8-19-11-14-25-27-19)16-17-6-3-4-13-22(17)21(24)10-5-9-20-12-15-26-28-20/h17,19-20H,1-16H2. The average molecular weight is 462 g/mol. The summed E-state index contributed by atoms with van der Waals surface area (Å²) in [6, 6.07) is 0.173. The lowest BCUT2D eigenvalue weighted by Gasteiger charge is -2.35. The Morgan fingerprint density at radius 3 is 2.21 bits per heavy atom. The third-order valence-corrected chi connectivity index (χ3v) is 12.0. The third kappa shape index (κ3) is 7.99. The van der Waals surface area contributed by atoms with Gasteiger partial charge >= 0.3 is 0 Å². The first-order valence-corrected chi connectivity index (χ1v) is 15.9. The average Bonchev–Trinajstić information content (AvgIpc) is 3.40. The van der Waals surface area contributed by atoms with Crippen molar-refractivity contribution in [3.05, 3.63) is 0 Å². The molecule has 0 bridgehead atoms. The molecule has 3 heterocycles. The molecule has 0 aromatic rings. The number of Topliss-reactive ketones (excluding diaryl/α,β-unsaturated/α-hetero) is 1. The molecule has 0 aromatic carbocycles. The second kappa shape index (κ2) is 13.1. The molecule has 3 nitrogen and oxygen atoms in total. The number of likely N-dealkylation sites (tertiary alicyclic amines) is 1. The fourth-order valence-electron chi connectivity index (χ4n) is 4.35. The van der Waals surface area contributed by atoms with Crippen molar-refractivity contribution in [1.29, 1.82) is 0 Å². The lowest BCUT2D eigenvalue weighted by molar-refractivity contribution is -0.136. The zero-order valence-corrected chi connectivity index (χ0v) is 20.2. The largest absolute Gasteiger partial charge is 0.339 e.